The van der Waals surface area contributed by atoms with E-state index in [2.05, 4.69) is 33.8 Å². The Labute approximate surface area is 175 Å². The maximum Gasteiger partial charge on any atom is 0.302 e. The van der Waals surface area contributed by atoms with Gasteiger partial charge in [-0.2, -0.15) is 0 Å². The summed E-state index contributed by atoms with van der Waals surface area (Å²) in [6.45, 7) is 12.6. The first-order valence-electron chi connectivity index (χ1n) is 11.8. The number of carbonyl (C=O) groups is 1. The van der Waals surface area contributed by atoms with Crippen LogP contribution in [0.3, 0.4) is 0 Å². The van der Waals surface area contributed by atoms with Crippen LogP contribution < -0.4 is 0 Å². The summed E-state index contributed by atoms with van der Waals surface area (Å²) in [7, 11) is 0. The Morgan fingerprint density at radius 2 is 1.72 bits per heavy atom. The fourth-order valence-electron chi connectivity index (χ4n) is 8.63. The maximum atomic E-state index is 11.7. The number of allylic oxidation sites excluding steroid dienone is 1. The van der Waals surface area contributed by atoms with Gasteiger partial charge in [0.05, 0.1) is 13.2 Å². The molecule has 0 aromatic heterocycles. The summed E-state index contributed by atoms with van der Waals surface area (Å²) in [5.41, 5.74) is 1.88. The minimum atomic E-state index is -0.428. The molecule has 0 bridgehead atoms. The Balaban J connectivity index is 1.48. The first-order chi connectivity index (χ1) is 13.6. The Kier molecular flexibility index (Phi) is 4.37. The van der Waals surface area contributed by atoms with Crippen LogP contribution in [0, 0.1) is 34.0 Å². The van der Waals surface area contributed by atoms with E-state index in [1.165, 1.54) is 19.3 Å². The van der Waals surface area contributed by atoms with Crippen LogP contribution in [0.4, 0.5) is 0 Å². The molecule has 5 rings (SSSR count). The van der Waals surface area contributed by atoms with Gasteiger partial charge in [0, 0.05) is 24.2 Å². The van der Waals surface area contributed by atoms with Gasteiger partial charge in [0.15, 0.2) is 5.79 Å². The van der Waals surface area contributed by atoms with Crippen molar-refractivity contribution in [1.29, 1.82) is 0 Å². The van der Waals surface area contributed by atoms with E-state index in [4.69, 9.17) is 14.2 Å². The summed E-state index contributed by atoms with van der Waals surface area (Å²) in [6.07, 6.45) is 10.6. The molecule has 1 saturated heterocycles. The summed E-state index contributed by atoms with van der Waals surface area (Å²) >= 11 is 0. The summed E-state index contributed by atoms with van der Waals surface area (Å²) in [5.74, 6) is 1.54. The van der Waals surface area contributed by atoms with E-state index in [1.807, 2.05) is 0 Å². The van der Waals surface area contributed by atoms with Gasteiger partial charge in [0.2, 0.25) is 0 Å². The lowest BCUT2D eigenvalue weighted by atomic mass is 9.44. The second-order valence-corrected chi connectivity index (χ2v) is 11.4. The smallest absolute Gasteiger partial charge is 0.302 e. The van der Waals surface area contributed by atoms with Crippen molar-refractivity contribution in [3.63, 3.8) is 0 Å². The van der Waals surface area contributed by atoms with Crippen LogP contribution in [-0.4, -0.2) is 31.1 Å². The zero-order valence-corrected chi connectivity index (χ0v) is 18.9. The van der Waals surface area contributed by atoms with Gasteiger partial charge in [-0.05, 0) is 61.7 Å². The van der Waals surface area contributed by atoms with E-state index in [-0.39, 0.29) is 28.3 Å². The molecule has 162 valence electrons. The molecule has 0 aromatic carbocycles. The Morgan fingerprint density at radius 3 is 2.41 bits per heavy atom. The summed E-state index contributed by atoms with van der Waals surface area (Å²) in [5, 5.41) is 0. The van der Waals surface area contributed by atoms with Crippen LogP contribution >= 0.6 is 0 Å². The highest BCUT2D eigenvalue weighted by Crippen LogP contribution is 2.69. The largest absolute Gasteiger partial charge is 0.462 e. The summed E-state index contributed by atoms with van der Waals surface area (Å²) in [6, 6.07) is 0. The number of carbonyl (C=O) groups excluding carboxylic acids is 1. The van der Waals surface area contributed by atoms with Crippen molar-refractivity contribution in [3.05, 3.63) is 11.6 Å². The van der Waals surface area contributed by atoms with Crippen LogP contribution in [0.15, 0.2) is 11.6 Å². The standard InChI is InChI=1S/C25H38O4/c1-16(26)29-21-9-7-18-17-6-8-20-22(2,3)25(27-14-15-28-25)13-12-23(20,4)19(17)10-11-24(18,21)5/h8,17-19,21H,6-7,9-15H2,1-5H3/t17-,18-,19-,21+,23+,24-/m0/s1. The molecular formula is C25H38O4. The average Bonchev–Trinajstić information content (AvgIpc) is 3.25. The molecule has 4 aliphatic carbocycles. The third-order valence-electron chi connectivity index (χ3n) is 10.0. The quantitative estimate of drug-likeness (QED) is 0.443. The monoisotopic (exact) mass is 402 g/mol. The molecule has 0 amide bonds. The number of fused-ring (bicyclic) bond motifs is 5. The highest BCUT2D eigenvalue weighted by molar-refractivity contribution is 5.66. The molecule has 0 N–H and O–H groups in total. The van der Waals surface area contributed by atoms with Crippen molar-refractivity contribution in [2.45, 2.75) is 91.5 Å². The molecule has 4 heteroatoms. The molecule has 0 radical (unpaired) electrons. The molecule has 1 spiro atoms. The number of ether oxygens (including phenoxy) is 3. The third kappa shape index (κ3) is 2.54. The van der Waals surface area contributed by atoms with Crippen molar-refractivity contribution in [1.82, 2.24) is 0 Å². The maximum absolute atomic E-state index is 11.7. The van der Waals surface area contributed by atoms with E-state index in [9.17, 15) is 4.79 Å². The van der Waals surface area contributed by atoms with Crippen molar-refractivity contribution < 1.29 is 19.0 Å². The topological polar surface area (TPSA) is 44.8 Å². The van der Waals surface area contributed by atoms with Gasteiger partial charge in [-0.3, -0.25) is 4.79 Å². The lowest BCUT2D eigenvalue weighted by Gasteiger charge is -2.62. The van der Waals surface area contributed by atoms with Crippen LogP contribution in [0.2, 0.25) is 0 Å². The van der Waals surface area contributed by atoms with Gasteiger partial charge in [-0.25, -0.2) is 0 Å². The molecule has 5 aliphatic rings. The fourth-order valence-corrected chi connectivity index (χ4v) is 8.63. The summed E-state index contributed by atoms with van der Waals surface area (Å²) < 4.78 is 18.3. The van der Waals surface area contributed by atoms with Crippen LogP contribution in [0.1, 0.15) is 79.6 Å². The number of hydrogen-bond donors (Lipinski definition) is 0. The third-order valence-corrected chi connectivity index (χ3v) is 10.0. The molecule has 1 aliphatic heterocycles. The van der Waals surface area contributed by atoms with Crippen molar-refractivity contribution in [2.75, 3.05) is 13.2 Å². The van der Waals surface area contributed by atoms with Crippen molar-refractivity contribution in [3.8, 4) is 0 Å². The molecule has 0 aromatic rings. The van der Waals surface area contributed by atoms with E-state index < -0.39 is 5.79 Å². The second-order valence-electron chi connectivity index (χ2n) is 11.4. The Bertz CT molecular complexity index is 733. The molecule has 3 saturated carbocycles. The normalized spacial score (nSPS) is 47.1. The Morgan fingerprint density at radius 1 is 1.00 bits per heavy atom. The van der Waals surface area contributed by atoms with Crippen molar-refractivity contribution in [2.24, 2.45) is 34.0 Å². The Hall–Kier alpha value is -0.870. The van der Waals surface area contributed by atoms with Crippen LogP contribution in [0.5, 0.6) is 0 Å². The van der Waals surface area contributed by atoms with Crippen LogP contribution in [-0.2, 0) is 19.0 Å². The molecule has 4 fully saturated rings. The highest BCUT2D eigenvalue weighted by Gasteiger charge is 2.65. The van der Waals surface area contributed by atoms with Gasteiger partial charge >= 0.3 is 5.97 Å². The number of rotatable bonds is 1. The predicted molar refractivity (Wildman–Crippen MR) is 111 cm³/mol. The minimum absolute atomic E-state index is 0.0851. The summed E-state index contributed by atoms with van der Waals surface area (Å²) in [4.78, 5) is 11.7. The molecule has 1 heterocycles. The predicted octanol–water partition coefficient (Wildman–Crippen LogP) is 5.26. The molecular weight excluding hydrogens is 364 g/mol. The molecule has 6 atom stereocenters. The van der Waals surface area contributed by atoms with Gasteiger partial charge < -0.3 is 14.2 Å². The van der Waals surface area contributed by atoms with E-state index in [1.54, 1.807) is 12.5 Å². The zero-order chi connectivity index (χ0) is 20.7. The SMILES string of the molecule is CC(=O)O[C@@H]1CC[C@H]2[C@@H]3CC=C4C(C)(C)C5(CC[C@]4(C)[C@H]3CC[C@]12C)OCCO5. The lowest BCUT2D eigenvalue weighted by molar-refractivity contribution is -0.246. The van der Waals surface area contributed by atoms with Gasteiger partial charge in [-0.1, -0.05) is 39.3 Å². The van der Waals surface area contributed by atoms with Gasteiger partial charge in [0.25, 0.3) is 0 Å². The van der Waals surface area contributed by atoms with Gasteiger partial charge in [0.1, 0.15) is 6.10 Å². The molecule has 4 nitrogen and oxygen atoms in total. The van der Waals surface area contributed by atoms with E-state index in [0.29, 0.717) is 11.8 Å². The van der Waals surface area contributed by atoms with E-state index in [0.717, 1.165) is 44.8 Å². The average molecular weight is 403 g/mol. The van der Waals surface area contributed by atoms with Crippen molar-refractivity contribution >= 4 is 5.97 Å². The molecule has 29 heavy (non-hydrogen) atoms. The van der Waals surface area contributed by atoms with E-state index >= 15 is 0 Å². The highest BCUT2D eigenvalue weighted by atomic mass is 16.7. The molecule has 0 unspecified atom stereocenters. The number of esters is 1. The first-order valence-corrected chi connectivity index (χ1v) is 11.8. The fraction of sp³-hybridized carbons (Fsp3) is 0.880. The lowest BCUT2D eigenvalue weighted by Crippen LogP contribution is -2.59. The minimum Gasteiger partial charge on any atom is -0.462 e. The second kappa shape index (κ2) is 6.32. The first kappa shape index (κ1) is 20.1. The van der Waals surface area contributed by atoms with Crippen LogP contribution in [0.25, 0.3) is 0 Å². The van der Waals surface area contributed by atoms with Gasteiger partial charge in [-0.15, -0.1) is 0 Å². The number of hydrogen-bond acceptors (Lipinski definition) is 4. The zero-order valence-electron chi connectivity index (χ0n) is 18.9.